The van der Waals surface area contributed by atoms with E-state index in [1.807, 2.05) is 4.57 Å². The summed E-state index contributed by atoms with van der Waals surface area (Å²) in [5.41, 5.74) is 3.45. The van der Waals surface area contributed by atoms with Gasteiger partial charge in [-0.25, -0.2) is 15.0 Å². The van der Waals surface area contributed by atoms with Crippen LogP contribution in [0.1, 0.15) is 77.8 Å². The molecule has 1 N–H and O–H groups in total. The molecular formula is C27H37N5O4Si. The monoisotopic (exact) mass is 523 g/mol. The van der Waals surface area contributed by atoms with E-state index in [1.165, 1.54) is 18.1 Å². The number of aryl methyl sites for hydroxylation is 1. The van der Waals surface area contributed by atoms with Crippen LogP contribution < -0.4 is 5.32 Å². The third-order valence-corrected chi connectivity index (χ3v) is 8.87. The van der Waals surface area contributed by atoms with Crippen LogP contribution in [0.25, 0.3) is 11.2 Å². The van der Waals surface area contributed by atoms with Crippen LogP contribution in [0.3, 0.4) is 0 Å². The van der Waals surface area contributed by atoms with Gasteiger partial charge in [-0.3, -0.25) is 9.36 Å². The minimum Gasteiger partial charge on any atom is -0.458 e. The number of carbonyl (C=O) groups is 1. The fourth-order valence-electron chi connectivity index (χ4n) is 5.16. The Morgan fingerprint density at radius 3 is 2.70 bits per heavy atom. The highest BCUT2D eigenvalue weighted by molar-refractivity contribution is 6.31. The number of rotatable bonds is 7. The zero-order chi connectivity index (χ0) is 26.4. The lowest BCUT2D eigenvalue weighted by molar-refractivity contribution is -0.153. The van der Waals surface area contributed by atoms with Crippen molar-refractivity contribution in [2.45, 2.75) is 95.9 Å². The normalized spacial score (nSPS) is 24.2. The Morgan fingerprint density at radius 2 is 1.95 bits per heavy atom. The predicted molar refractivity (Wildman–Crippen MR) is 144 cm³/mol. The Hall–Kier alpha value is -2.82. The van der Waals surface area contributed by atoms with Gasteiger partial charge in [-0.15, -0.1) is 0 Å². The van der Waals surface area contributed by atoms with Gasteiger partial charge in [0, 0.05) is 13.3 Å². The second-order valence-corrected chi connectivity index (χ2v) is 14.5. The van der Waals surface area contributed by atoms with Crippen molar-refractivity contribution in [1.29, 1.82) is 0 Å². The molecule has 9 nitrogen and oxygen atoms in total. The van der Waals surface area contributed by atoms with E-state index in [0.717, 1.165) is 12.8 Å². The van der Waals surface area contributed by atoms with Crippen LogP contribution in [0.15, 0.2) is 36.9 Å². The molecular weight excluding hydrogens is 486 g/mol. The summed E-state index contributed by atoms with van der Waals surface area (Å²) in [7, 11) is -0.802. The number of nitrogens with one attached hydrogen (secondary N) is 1. The van der Waals surface area contributed by atoms with Crippen molar-refractivity contribution >= 4 is 32.7 Å². The maximum absolute atomic E-state index is 12.0. The molecule has 0 radical (unpaired) electrons. The number of nitrogens with zero attached hydrogens (tertiary/aromatic N) is 4. The summed E-state index contributed by atoms with van der Waals surface area (Å²) in [4.78, 5) is 25.7. The van der Waals surface area contributed by atoms with E-state index < -0.39 is 27.7 Å². The molecule has 4 atom stereocenters. The lowest BCUT2D eigenvalue weighted by Crippen LogP contribution is -2.41. The van der Waals surface area contributed by atoms with E-state index in [0.29, 0.717) is 23.4 Å². The minimum absolute atomic E-state index is 0.158. The molecule has 1 saturated heterocycles. The van der Waals surface area contributed by atoms with E-state index in [1.54, 1.807) is 12.7 Å². The van der Waals surface area contributed by atoms with E-state index in [4.69, 9.17) is 13.9 Å². The molecule has 10 heteroatoms. The van der Waals surface area contributed by atoms with Crippen LogP contribution in [0, 0.1) is 0 Å². The molecule has 2 aliphatic rings. The minimum atomic E-state index is -0.802. The van der Waals surface area contributed by atoms with Crippen molar-refractivity contribution in [3.63, 3.8) is 0 Å². The number of carbonyl (C=O) groups excluding carboxylic acids is 1. The number of anilines is 1. The van der Waals surface area contributed by atoms with E-state index in [-0.39, 0.29) is 23.2 Å². The second kappa shape index (κ2) is 9.81. The zero-order valence-corrected chi connectivity index (χ0v) is 23.9. The number of ether oxygens (including phenoxy) is 2. The molecule has 1 aliphatic carbocycles. The molecule has 0 bridgehead atoms. The Labute approximate surface area is 220 Å². The van der Waals surface area contributed by atoms with Gasteiger partial charge in [0.25, 0.3) is 0 Å². The molecule has 3 aromatic rings. The largest absolute Gasteiger partial charge is 0.458 e. The zero-order valence-electron chi connectivity index (χ0n) is 22.5. The molecule has 0 spiro atoms. The Balaban J connectivity index is 1.41. The average Bonchev–Trinajstić information content (AvgIpc) is 3.55. The number of fused-ring (bicyclic) bond motifs is 2. The highest BCUT2D eigenvalue weighted by atomic mass is 28.2. The standard InChI is InChI=1S/C27H37N5O4Si/c1-16(33)34-20-13-21(27(5,6)36-37-26(2,3)4)35-25(20)32-15-30-22-23(28-14-29-24(22)32)31-19-12-11-17-9-7-8-10-18(17)19/h7-10,14-15,19-21,25H,11-13,37H2,1-6H3,(H,28,29,31)/t19-,20-,21+,25+/m0/s1. The molecule has 2 aromatic heterocycles. The molecule has 198 valence electrons. The summed E-state index contributed by atoms with van der Waals surface area (Å²) in [5.74, 6) is 0.340. The van der Waals surface area contributed by atoms with Gasteiger partial charge < -0.3 is 19.2 Å². The first kappa shape index (κ1) is 25.8. The predicted octanol–water partition coefficient (Wildman–Crippen LogP) is 4.24. The van der Waals surface area contributed by atoms with Gasteiger partial charge in [0.15, 0.2) is 33.0 Å². The van der Waals surface area contributed by atoms with Gasteiger partial charge in [-0.2, -0.15) is 0 Å². The van der Waals surface area contributed by atoms with Crippen molar-refractivity contribution in [3.8, 4) is 0 Å². The average molecular weight is 524 g/mol. The van der Waals surface area contributed by atoms with Gasteiger partial charge in [0.05, 0.1) is 24.1 Å². The molecule has 1 aromatic carbocycles. The van der Waals surface area contributed by atoms with E-state index in [2.05, 4.69) is 79.2 Å². The van der Waals surface area contributed by atoms with Crippen molar-refractivity contribution in [2.75, 3.05) is 5.32 Å². The SMILES string of the molecule is CC(=O)O[C@H]1C[C@H](C(C)(C)O[SiH2]C(C)(C)C)O[C@H]1n1cnc2c(N[C@H]3CCc4ccccc43)ncnc21. The summed E-state index contributed by atoms with van der Waals surface area (Å²) in [6, 6.07) is 8.67. The molecule has 0 unspecified atom stereocenters. The topological polar surface area (TPSA) is 100 Å². The number of hydrogen-bond acceptors (Lipinski definition) is 8. The summed E-state index contributed by atoms with van der Waals surface area (Å²) in [6.45, 7) is 12.1. The molecule has 1 aliphatic heterocycles. The smallest absolute Gasteiger partial charge is 0.303 e. The first-order valence-electron chi connectivity index (χ1n) is 13.0. The van der Waals surface area contributed by atoms with Crippen LogP contribution >= 0.6 is 0 Å². The van der Waals surface area contributed by atoms with Crippen LogP contribution in [-0.2, 0) is 25.1 Å². The third kappa shape index (κ3) is 5.41. The molecule has 37 heavy (non-hydrogen) atoms. The molecule has 0 amide bonds. The van der Waals surface area contributed by atoms with Crippen LogP contribution in [0.4, 0.5) is 5.82 Å². The molecule has 5 rings (SSSR count). The molecule has 1 fully saturated rings. The maximum Gasteiger partial charge on any atom is 0.303 e. The molecule has 3 heterocycles. The van der Waals surface area contributed by atoms with Gasteiger partial charge in [0.2, 0.25) is 0 Å². The van der Waals surface area contributed by atoms with E-state index >= 15 is 0 Å². The number of hydrogen-bond donors (Lipinski definition) is 1. The summed E-state index contributed by atoms with van der Waals surface area (Å²) >= 11 is 0. The Kier molecular flexibility index (Phi) is 6.84. The third-order valence-electron chi connectivity index (χ3n) is 7.11. The van der Waals surface area contributed by atoms with E-state index in [9.17, 15) is 4.79 Å². The van der Waals surface area contributed by atoms with Crippen molar-refractivity contribution in [3.05, 3.63) is 48.0 Å². The maximum atomic E-state index is 12.0. The highest BCUT2D eigenvalue weighted by Gasteiger charge is 2.46. The first-order valence-corrected chi connectivity index (χ1v) is 14.3. The number of esters is 1. The van der Waals surface area contributed by atoms with Crippen molar-refractivity contribution in [1.82, 2.24) is 19.5 Å². The molecule has 0 saturated carbocycles. The Morgan fingerprint density at radius 1 is 1.16 bits per heavy atom. The fourth-order valence-corrected chi connectivity index (χ4v) is 6.15. The second-order valence-electron chi connectivity index (χ2n) is 11.8. The summed E-state index contributed by atoms with van der Waals surface area (Å²) in [5, 5.41) is 3.74. The summed E-state index contributed by atoms with van der Waals surface area (Å²) in [6.07, 6.45) is 4.52. The number of imidazole rings is 1. The van der Waals surface area contributed by atoms with Crippen LogP contribution in [0.2, 0.25) is 5.04 Å². The first-order chi connectivity index (χ1) is 17.5. The van der Waals surface area contributed by atoms with Crippen LogP contribution in [0.5, 0.6) is 0 Å². The highest BCUT2D eigenvalue weighted by Crippen LogP contribution is 2.40. The fraction of sp³-hybridized carbons (Fsp3) is 0.556. The van der Waals surface area contributed by atoms with Gasteiger partial charge in [0.1, 0.15) is 12.4 Å². The van der Waals surface area contributed by atoms with Crippen molar-refractivity contribution in [2.24, 2.45) is 0 Å². The quantitative estimate of drug-likeness (QED) is 0.363. The lowest BCUT2D eigenvalue weighted by atomic mass is 9.98. The number of benzene rings is 1. The van der Waals surface area contributed by atoms with Gasteiger partial charge >= 0.3 is 5.97 Å². The Bertz CT molecular complexity index is 1290. The summed E-state index contributed by atoms with van der Waals surface area (Å²) < 4.78 is 20.5. The number of aromatic nitrogens is 4. The lowest BCUT2D eigenvalue weighted by Gasteiger charge is -2.34. The van der Waals surface area contributed by atoms with Gasteiger partial charge in [-0.1, -0.05) is 45.0 Å². The van der Waals surface area contributed by atoms with Crippen LogP contribution in [-0.4, -0.2) is 53.1 Å². The van der Waals surface area contributed by atoms with Gasteiger partial charge in [-0.05, 0) is 42.9 Å². The van der Waals surface area contributed by atoms with Crippen molar-refractivity contribution < 1.29 is 18.7 Å².